The highest BCUT2D eigenvalue weighted by Crippen LogP contribution is 2.27. The van der Waals surface area contributed by atoms with Gasteiger partial charge in [0, 0.05) is 34.4 Å². The zero-order chi connectivity index (χ0) is 25.8. The number of nitrogens with zero attached hydrogens (tertiary/aromatic N) is 5. The minimum absolute atomic E-state index is 0.283. The second-order valence-corrected chi connectivity index (χ2v) is 9.32. The highest BCUT2D eigenvalue weighted by atomic mass is 35.5. The van der Waals surface area contributed by atoms with E-state index in [9.17, 15) is 0 Å². The lowest BCUT2D eigenvalue weighted by Crippen LogP contribution is -2.37. The van der Waals surface area contributed by atoms with Crippen LogP contribution in [0.2, 0.25) is 10.0 Å². The van der Waals surface area contributed by atoms with E-state index in [1.165, 1.54) is 0 Å². The quantitative estimate of drug-likeness (QED) is 0.216. The predicted octanol–water partition coefficient (Wildman–Crippen LogP) is 6.08. The third-order valence-electron chi connectivity index (χ3n) is 5.78. The van der Waals surface area contributed by atoms with Gasteiger partial charge in [-0.05, 0) is 55.3 Å². The Balaban J connectivity index is 1.35. The summed E-state index contributed by atoms with van der Waals surface area (Å²) < 4.78 is 11.4. The molecule has 0 aliphatic carbocycles. The molecule has 3 heterocycles. The monoisotopic (exact) mass is 537 g/mol. The lowest BCUT2D eigenvalue weighted by molar-refractivity contribution is 0.122. The molecule has 0 radical (unpaired) electrons. The third kappa shape index (κ3) is 6.19. The van der Waals surface area contributed by atoms with Crippen LogP contribution < -0.4 is 15.6 Å². The largest absolute Gasteiger partial charge is 0.455 e. The first-order valence-corrected chi connectivity index (χ1v) is 12.5. The molecular formula is C26H25Cl2N7O2. The van der Waals surface area contributed by atoms with Gasteiger partial charge >= 0.3 is 0 Å². The summed E-state index contributed by atoms with van der Waals surface area (Å²) in [4.78, 5) is 15.7. The van der Waals surface area contributed by atoms with Crippen molar-refractivity contribution in [1.29, 1.82) is 0 Å². The molecule has 0 saturated carbocycles. The molecule has 1 aliphatic heterocycles. The molecule has 0 spiro atoms. The minimum Gasteiger partial charge on any atom is -0.455 e. The predicted molar refractivity (Wildman–Crippen MR) is 147 cm³/mol. The fourth-order valence-corrected chi connectivity index (χ4v) is 4.01. The van der Waals surface area contributed by atoms with E-state index in [1.807, 2.05) is 67.3 Å². The van der Waals surface area contributed by atoms with Gasteiger partial charge in [0.05, 0.1) is 19.4 Å². The number of aryl methyl sites for hydroxylation is 2. The Bertz CT molecular complexity index is 1430. The topological polar surface area (TPSA) is 101 Å². The van der Waals surface area contributed by atoms with Gasteiger partial charge in [-0.1, -0.05) is 41.4 Å². The number of halogens is 2. The maximum atomic E-state index is 6.28. The maximum Gasteiger partial charge on any atom is 0.250 e. The van der Waals surface area contributed by atoms with E-state index in [0.717, 1.165) is 22.4 Å². The molecule has 2 N–H and O–H groups in total. The average Bonchev–Trinajstić information content (AvgIpc) is 3.37. The zero-order valence-electron chi connectivity index (χ0n) is 20.3. The van der Waals surface area contributed by atoms with E-state index in [2.05, 4.69) is 30.8 Å². The number of morpholine rings is 1. The molecule has 1 aliphatic rings. The van der Waals surface area contributed by atoms with Gasteiger partial charge in [-0.2, -0.15) is 20.1 Å². The fourth-order valence-electron chi connectivity index (χ4n) is 3.65. The molecule has 0 amide bonds. The van der Waals surface area contributed by atoms with Crippen LogP contribution in [0.15, 0.2) is 58.0 Å². The second-order valence-electron chi connectivity index (χ2n) is 8.51. The van der Waals surface area contributed by atoms with Gasteiger partial charge in [0.1, 0.15) is 11.5 Å². The van der Waals surface area contributed by atoms with Crippen molar-refractivity contribution in [3.63, 3.8) is 0 Å². The van der Waals surface area contributed by atoms with Crippen LogP contribution in [-0.4, -0.2) is 47.5 Å². The molecule has 1 fully saturated rings. The van der Waals surface area contributed by atoms with Crippen LogP contribution in [0, 0.1) is 13.8 Å². The summed E-state index contributed by atoms with van der Waals surface area (Å²) in [6.45, 7) is 6.48. The number of anilines is 4. The Morgan fingerprint density at radius 3 is 2.38 bits per heavy atom. The normalized spacial score (nSPS) is 13.8. The fraction of sp³-hybridized carbons (Fsp3) is 0.231. The minimum atomic E-state index is 0.283. The molecule has 9 nitrogen and oxygen atoms in total. The number of rotatable bonds is 7. The van der Waals surface area contributed by atoms with Crippen molar-refractivity contribution in [2.24, 2.45) is 5.10 Å². The Morgan fingerprint density at radius 1 is 0.892 bits per heavy atom. The molecule has 5 rings (SSSR count). The van der Waals surface area contributed by atoms with Gasteiger partial charge in [0.15, 0.2) is 0 Å². The number of hydrogen-bond acceptors (Lipinski definition) is 9. The summed E-state index contributed by atoms with van der Waals surface area (Å²) in [5, 5.41) is 8.82. The molecule has 190 valence electrons. The molecule has 4 aromatic rings. The summed E-state index contributed by atoms with van der Waals surface area (Å²) in [7, 11) is 0. The SMILES string of the molecule is Cc1ccc(Nc2nc(N/N=C/c3ccc(-c4ccc(C)c(Cl)c4)o3)nc(N3CCOCC3)n2)cc1Cl. The van der Waals surface area contributed by atoms with Crippen LogP contribution in [0.4, 0.5) is 23.5 Å². The van der Waals surface area contributed by atoms with Crippen molar-refractivity contribution in [1.82, 2.24) is 15.0 Å². The summed E-state index contributed by atoms with van der Waals surface area (Å²) in [5.41, 5.74) is 6.54. The Labute approximate surface area is 224 Å². The number of furan rings is 1. The number of nitrogens with one attached hydrogen (secondary N) is 2. The molecule has 0 bridgehead atoms. The first-order chi connectivity index (χ1) is 17.9. The Hall–Kier alpha value is -3.66. The molecular weight excluding hydrogens is 513 g/mol. The zero-order valence-corrected chi connectivity index (χ0v) is 21.8. The number of aromatic nitrogens is 3. The van der Waals surface area contributed by atoms with Gasteiger partial charge in [0.2, 0.25) is 17.8 Å². The van der Waals surface area contributed by atoms with Crippen molar-refractivity contribution in [2.75, 3.05) is 41.9 Å². The number of benzene rings is 2. The number of hydrazone groups is 1. The van der Waals surface area contributed by atoms with Crippen LogP contribution in [0.1, 0.15) is 16.9 Å². The van der Waals surface area contributed by atoms with Crippen LogP contribution >= 0.6 is 23.2 Å². The molecule has 11 heteroatoms. The molecule has 0 unspecified atom stereocenters. The summed E-state index contributed by atoms with van der Waals surface area (Å²) in [6, 6.07) is 15.2. The summed E-state index contributed by atoms with van der Waals surface area (Å²) in [6.07, 6.45) is 1.56. The van der Waals surface area contributed by atoms with Crippen molar-refractivity contribution in [3.8, 4) is 11.3 Å². The van der Waals surface area contributed by atoms with Crippen LogP contribution in [0.5, 0.6) is 0 Å². The number of hydrogen-bond donors (Lipinski definition) is 2. The highest BCUT2D eigenvalue weighted by Gasteiger charge is 2.17. The average molecular weight is 538 g/mol. The van der Waals surface area contributed by atoms with Crippen molar-refractivity contribution < 1.29 is 9.15 Å². The lowest BCUT2D eigenvalue weighted by atomic mass is 10.1. The first kappa shape index (κ1) is 25.0. The van der Waals surface area contributed by atoms with E-state index in [4.69, 9.17) is 32.4 Å². The van der Waals surface area contributed by atoms with Gasteiger partial charge in [0.25, 0.3) is 0 Å². The molecule has 2 aromatic heterocycles. The molecule has 0 atom stereocenters. The van der Waals surface area contributed by atoms with Crippen LogP contribution in [-0.2, 0) is 4.74 Å². The van der Waals surface area contributed by atoms with E-state index in [0.29, 0.717) is 59.8 Å². The summed E-state index contributed by atoms with van der Waals surface area (Å²) in [5.74, 6) is 2.43. The molecule has 2 aromatic carbocycles. The molecule has 37 heavy (non-hydrogen) atoms. The van der Waals surface area contributed by atoms with E-state index < -0.39 is 0 Å². The van der Waals surface area contributed by atoms with Crippen molar-refractivity contribution in [2.45, 2.75) is 13.8 Å². The summed E-state index contributed by atoms with van der Waals surface area (Å²) >= 11 is 12.5. The van der Waals surface area contributed by atoms with Gasteiger partial charge in [-0.25, -0.2) is 5.43 Å². The Kier molecular flexibility index (Phi) is 7.55. The van der Waals surface area contributed by atoms with E-state index >= 15 is 0 Å². The van der Waals surface area contributed by atoms with Crippen LogP contribution in [0.25, 0.3) is 11.3 Å². The van der Waals surface area contributed by atoms with E-state index in [-0.39, 0.29) is 5.95 Å². The maximum absolute atomic E-state index is 6.28. The highest BCUT2D eigenvalue weighted by molar-refractivity contribution is 6.32. The van der Waals surface area contributed by atoms with Crippen LogP contribution in [0.3, 0.4) is 0 Å². The second kappa shape index (κ2) is 11.2. The Morgan fingerprint density at radius 2 is 1.62 bits per heavy atom. The van der Waals surface area contributed by atoms with Gasteiger partial charge in [-0.15, -0.1) is 0 Å². The van der Waals surface area contributed by atoms with E-state index in [1.54, 1.807) is 6.21 Å². The van der Waals surface area contributed by atoms with Gasteiger partial charge in [-0.3, -0.25) is 0 Å². The van der Waals surface area contributed by atoms with Crippen molar-refractivity contribution in [3.05, 3.63) is 75.5 Å². The van der Waals surface area contributed by atoms with Gasteiger partial charge < -0.3 is 19.4 Å². The number of ether oxygens (including phenoxy) is 1. The standard InChI is InChI=1S/C26H25Cl2N7O2/c1-16-3-5-18(13-21(16)27)23-8-7-20(37-23)15-29-34-25-31-24(30-19-6-4-17(2)22(28)14-19)32-26(33-25)35-9-11-36-12-10-35/h3-8,13-15H,9-12H2,1-2H3,(H2,30,31,32,33,34)/b29-15+. The smallest absolute Gasteiger partial charge is 0.250 e. The third-order valence-corrected chi connectivity index (χ3v) is 6.60. The first-order valence-electron chi connectivity index (χ1n) is 11.7. The molecule has 1 saturated heterocycles. The lowest BCUT2D eigenvalue weighted by Gasteiger charge is -2.27. The van der Waals surface area contributed by atoms with Crippen molar-refractivity contribution >= 4 is 52.9 Å².